The van der Waals surface area contributed by atoms with Gasteiger partial charge in [-0.1, -0.05) is 30.3 Å². The van der Waals surface area contributed by atoms with Gasteiger partial charge < -0.3 is 22.8 Å². The largest absolute Gasteiger partial charge is 0.457 e. The number of ketones is 1. The summed E-state index contributed by atoms with van der Waals surface area (Å²) in [5.41, 5.74) is 0.242. The molecule has 1 heterocycles. The van der Waals surface area contributed by atoms with Crippen LogP contribution in [-0.2, 0) is 27.2 Å². The normalized spacial score (nSPS) is 17.3. The Hall–Kier alpha value is -2.19. The molecule has 0 fully saturated rings. The van der Waals surface area contributed by atoms with Crippen LogP contribution in [0.3, 0.4) is 0 Å². The van der Waals surface area contributed by atoms with Gasteiger partial charge in [0.15, 0.2) is 5.78 Å². The van der Waals surface area contributed by atoms with Gasteiger partial charge in [-0.2, -0.15) is 10.2 Å². The maximum atomic E-state index is 14.1. The Morgan fingerprint density at radius 2 is 1.33 bits per heavy atom. The van der Waals surface area contributed by atoms with Crippen LogP contribution in [0.15, 0.2) is 64.8 Å². The Morgan fingerprint density at radius 3 is 1.86 bits per heavy atom. The first kappa shape index (κ1) is 28.4. The molecule has 2 aromatic rings. The van der Waals surface area contributed by atoms with Crippen LogP contribution in [0.4, 0.5) is 0 Å². The molecule has 0 aromatic heterocycles. The molecule has 12 heteroatoms. The second kappa shape index (κ2) is 12.4. The van der Waals surface area contributed by atoms with Crippen LogP contribution in [0.5, 0.6) is 11.5 Å². The van der Waals surface area contributed by atoms with Gasteiger partial charge >= 0.3 is 15.2 Å². The van der Waals surface area contributed by atoms with Crippen LogP contribution < -0.4 is 4.74 Å². The maximum Gasteiger partial charge on any atom is 0.372 e. The molecule has 0 saturated heterocycles. The van der Waals surface area contributed by atoms with E-state index in [0.717, 1.165) is 0 Å². The molecular formula is C24H32N2O8P2. The third kappa shape index (κ3) is 5.54. The minimum Gasteiger partial charge on any atom is -0.457 e. The van der Waals surface area contributed by atoms with E-state index >= 15 is 0 Å². The van der Waals surface area contributed by atoms with Gasteiger partial charge in [-0.3, -0.25) is 13.9 Å². The number of ether oxygens (including phenoxy) is 1. The number of nitrogens with zero attached hydrogens (tertiary/aromatic N) is 2. The Kier molecular flexibility index (Phi) is 9.75. The van der Waals surface area contributed by atoms with Gasteiger partial charge in [-0.05, 0) is 52.0 Å². The van der Waals surface area contributed by atoms with Crippen LogP contribution in [0, 0.1) is 0 Å². The van der Waals surface area contributed by atoms with Crippen molar-refractivity contribution in [2.24, 2.45) is 10.2 Å². The molecule has 0 spiro atoms. The number of Topliss-reactive ketones (excluding diaryl/α,β-unsaturated/α-hetero) is 1. The van der Waals surface area contributed by atoms with Gasteiger partial charge in [0, 0.05) is 6.42 Å². The van der Waals surface area contributed by atoms with Crippen LogP contribution in [0.25, 0.3) is 0 Å². The second-order valence-electron chi connectivity index (χ2n) is 7.65. The van der Waals surface area contributed by atoms with E-state index in [-0.39, 0.29) is 38.4 Å². The van der Waals surface area contributed by atoms with Gasteiger partial charge in [-0.15, -0.1) is 0 Å². The summed E-state index contributed by atoms with van der Waals surface area (Å²) in [5.74, 6) is 0.415. The molecule has 196 valence electrons. The average Bonchev–Trinajstić information content (AvgIpc) is 3.33. The fourth-order valence-corrected chi connectivity index (χ4v) is 9.20. The van der Waals surface area contributed by atoms with E-state index in [1.807, 2.05) is 18.2 Å². The summed E-state index contributed by atoms with van der Waals surface area (Å²) in [6, 6.07) is 14.6. The van der Waals surface area contributed by atoms with Crippen LogP contribution in [-0.4, -0.2) is 43.3 Å². The van der Waals surface area contributed by atoms with Crippen molar-refractivity contribution in [3.05, 3.63) is 60.2 Å². The van der Waals surface area contributed by atoms with Gasteiger partial charge in [0.05, 0.1) is 32.0 Å². The summed E-state index contributed by atoms with van der Waals surface area (Å²) in [5, 5.41) is 6.16. The molecule has 0 N–H and O–H groups in total. The lowest BCUT2D eigenvalue weighted by Gasteiger charge is -2.36. The molecule has 1 aliphatic rings. The molecule has 0 radical (unpaired) electrons. The van der Waals surface area contributed by atoms with Crippen molar-refractivity contribution >= 4 is 21.0 Å². The highest BCUT2D eigenvalue weighted by molar-refractivity contribution is 7.74. The maximum absolute atomic E-state index is 14.1. The van der Waals surface area contributed by atoms with Crippen LogP contribution in [0.2, 0.25) is 0 Å². The highest BCUT2D eigenvalue weighted by Gasteiger charge is 2.69. The number of para-hydroxylation sites is 2. The highest BCUT2D eigenvalue weighted by Crippen LogP contribution is 2.81. The zero-order valence-corrected chi connectivity index (χ0v) is 22.7. The minimum atomic E-state index is -4.27. The first-order valence-corrected chi connectivity index (χ1v) is 14.9. The molecule has 0 aliphatic carbocycles. The molecule has 1 aliphatic heterocycles. The molecule has 3 rings (SSSR count). The van der Waals surface area contributed by atoms with E-state index in [2.05, 4.69) is 10.2 Å². The molecule has 36 heavy (non-hydrogen) atoms. The predicted octanol–water partition coefficient (Wildman–Crippen LogP) is 7.07. The number of carbonyl (C=O) groups excluding carboxylic acids is 1. The number of carbonyl (C=O) groups is 1. The zero-order chi connectivity index (χ0) is 26.2. The van der Waals surface area contributed by atoms with E-state index in [1.54, 1.807) is 64.1 Å². The number of hydrogen-bond donors (Lipinski definition) is 0. The Bertz CT molecular complexity index is 1110. The summed E-state index contributed by atoms with van der Waals surface area (Å²) in [6.45, 7) is 6.43. The summed E-state index contributed by atoms with van der Waals surface area (Å²) in [7, 11) is -8.54. The first-order chi connectivity index (χ1) is 17.3. The van der Waals surface area contributed by atoms with E-state index < -0.39 is 32.0 Å². The number of hydrogen-bond acceptors (Lipinski definition) is 10. The lowest BCUT2D eigenvalue weighted by Crippen LogP contribution is -2.33. The molecule has 0 bridgehead atoms. The zero-order valence-electron chi connectivity index (χ0n) is 20.9. The summed E-state index contributed by atoms with van der Waals surface area (Å²) < 4.78 is 56.3. The van der Waals surface area contributed by atoms with Crippen molar-refractivity contribution in [3.8, 4) is 11.5 Å². The molecule has 1 unspecified atom stereocenters. The van der Waals surface area contributed by atoms with Crippen LogP contribution in [0.1, 0.15) is 44.5 Å². The Labute approximate surface area is 211 Å². The predicted molar refractivity (Wildman–Crippen MR) is 135 cm³/mol. The number of azo groups is 1. The van der Waals surface area contributed by atoms with Gasteiger partial charge in [0.2, 0.25) is 0 Å². The smallest absolute Gasteiger partial charge is 0.372 e. The summed E-state index contributed by atoms with van der Waals surface area (Å²) in [4.78, 5) is 13.7. The van der Waals surface area contributed by atoms with Crippen LogP contribution >= 0.6 is 15.2 Å². The minimum absolute atomic E-state index is 0.0147. The van der Waals surface area contributed by atoms with Gasteiger partial charge in [-0.25, -0.2) is 0 Å². The average molecular weight is 538 g/mol. The molecule has 1 atom stereocenters. The molecular weight excluding hydrogens is 506 g/mol. The standard InChI is InChI=1S/C24H32N2O8P2/c1-5-30-35(28,31-6-2)24(36(29,32-7-3)33-8-4)18-21(25-26-24)23(27)20-16-12-13-17-22(20)34-19-14-10-9-11-15-19/h9-17,21H,5-8,18H2,1-4H3. The van der Waals surface area contributed by atoms with Gasteiger partial charge in [0.1, 0.15) is 17.5 Å². The lowest BCUT2D eigenvalue weighted by atomic mass is 10.0. The van der Waals surface area contributed by atoms with Crippen molar-refractivity contribution in [2.75, 3.05) is 26.4 Å². The van der Waals surface area contributed by atoms with E-state index in [9.17, 15) is 13.9 Å². The van der Waals surface area contributed by atoms with Gasteiger partial charge in [0.25, 0.3) is 5.02 Å². The van der Waals surface area contributed by atoms with Crippen molar-refractivity contribution in [1.29, 1.82) is 0 Å². The van der Waals surface area contributed by atoms with Crippen molar-refractivity contribution in [1.82, 2.24) is 0 Å². The number of rotatable bonds is 14. The third-order valence-electron chi connectivity index (χ3n) is 5.32. The SMILES string of the molecule is CCOP(=O)(OCC)C1(P(=O)(OCC)OCC)CC(C(=O)c2ccccc2Oc2ccccc2)N=N1. The fourth-order valence-electron chi connectivity index (χ4n) is 3.85. The molecule has 2 aromatic carbocycles. The second-order valence-corrected chi connectivity index (χ2v) is 12.5. The fraction of sp³-hybridized carbons (Fsp3) is 0.458. The van der Waals surface area contributed by atoms with Crippen molar-refractivity contribution in [3.63, 3.8) is 0 Å². The first-order valence-electron chi connectivity index (χ1n) is 11.9. The lowest BCUT2D eigenvalue weighted by molar-refractivity contribution is 0.0957. The topological polar surface area (TPSA) is 122 Å². The monoisotopic (exact) mass is 538 g/mol. The summed E-state index contributed by atoms with van der Waals surface area (Å²) in [6.07, 6.45) is -0.347. The molecule has 10 nitrogen and oxygen atoms in total. The highest BCUT2D eigenvalue weighted by atomic mass is 31.2. The molecule has 0 saturated carbocycles. The Balaban J connectivity index is 2.03. The van der Waals surface area contributed by atoms with E-state index in [1.165, 1.54) is 0 Å². The summed E-state index contributed by atoms with van der Waals surface area (Å²) >= 11 is 0. The Morgan fingerprint density at radius 1 is 0.833 bits per heavy atom. The third-order valence-corrected chi connectivity index (χ3v) is 11.5. The van der Waals surface area contributed by atoms with Crippen molar-refractivity contribution in [2.45, 2.75) is 45.2 Å². The quantitative estimate of drug-likeness (QED) is 0.185. The molecule has 0 amide bonds. The van der Waals surface area contributed by atoms with E-state index in [4.69, 9.17) is 22.8 Å². The van der Waals surface area contributed by atoms with E-state index in [0.29, 0.717) is 11.5 Å². The number of benzene rings is 2. The van der Waals surface area contributed by atoms with Crippen molar-refractivity contribution < 1.29 is 36.8 Å².